The summed E-state index contributed by atoms with van der Waals surface area (Å²) in [7, 11) is 0. The number of aromatic nitrogens is 2. The van der Waals surface area contributed by atoms with Crippen LogP contribution in [0.4, 0.5) is 0 Å². The summed E-state index contributed by atoms with van der Waals surface area (Å²) in [5.41, 5.74) is 7.27. The van der Waals surface area contributed by atoms with Gasteiger partial charge in [0.05, 0.1) is 6.20 Å². The van der Waals surface area contributed by atoms with Crippen LogP contribution in [0.5, 0.6) is 0 Å². The van der Waals surface area contributed by atoms with E-state index in [0.29, 0.717) is 6.54 Å². The summed E-state index contributed by atoms with van der Waals surface area (Å²) < 4.78 is 1.97. The lowest BCUT2D eigenvalue weighted by Gasteiger charge is -2.39. The van der Waals surface area contributed by atoms with Gasteiger partial charge in [-0.3, -0.25) is 9.58 Å². The molecule has 0 aromatic carbocycles. The smallest absolute Gasteiger partial charge is 0.0534 e. The molecule has 0 saturated heterocycles. The number of nitrogens with zero attached hydrogens (tertiary/aromatic N) is 3. The molecule has 4 heteroatoms. The highest BCUT2D eigenvalue weighted by molar-refractivity contribution is 5.05. The molecule has 1 aromatic rings. The number of aryl methyl sites for hydroxylation is 1. The van der Waals surface area contributed by atoms with Gasteiger partial charge in [-0.1, -0.05) is 13.8 Å². The largest absolute Gasteiger partial charge is 0.329 e. The van der Waals surface area contributed by atoms with Crippen LogP contribution in [0, 0.1) is 0 Å². The van der Waals surface area contributed by atoms with E-state index in [0.717, 1.165) is 26.1 Å². The Bertz CT molecular complexity index is 328. The SMILES string of the molecule is CCN(Cc1cnn(CC)c1)C(C)(CC)CN. The molecule has 98 valence electrons. The van der Waals surface area contributed by atoms with E-state index in [2.05, 4.69) is 43.9 Å². The maximum atomic E-state index is 5.92. The summed E-state index contributed by atoms with van der Waals surface area (Å²) in [6, 6.07) is 0. The lowest BCUT2D eigenvalue weighted by atomic mass is 9.96. The van der Waals surface area contributed by atoms with Gasteiger partial charge in [-0.05, 0) is 26.8 Å². The molecular weight excluding hydrogens is 212 g/mol. The molecule has 0 aliphatic rings. The number of rotatable bonds is 7. The first-order chi connectivity index (χ1) is 8.09. The summed E-state index contributed by atoms with van der Waals surface area (Å²) in [5.74, 6) is 0. The van der Waals surface area contributed by atoms with Gasteiger partial charge < -0.3 is 5.73 Å². The standard InChI is InChI=1S/C13H26N4/c1-5-13(4,11-14)16(6-2)9-12-8-15-17(7-3)10-12/h8,10H,5-7,9,11,14H2,1-4H3. The predicted molar refractivity (Wildman–Crippen MR) is 71.7 cm³/mol. The first-order valence-electron chi connectivity index (χ1n) is 6.56. The van der Waals surface area contributed by atoms with Gasteiger partial charge in [-0.2, -0.15) is 5.10 Å². The third-order valence-electron chi connectivity index (χ3n) is 3.73. The van der Waals surface area contributed by atoms with Crippen LogP contribution in [0.25, 0.3) is 0 Å². The van der Waals surface area contributed by atoms with Gasteiger partial charge >= 0.3 is 0 Å². The van der Waals surface area contributed by atoms with Crippen molar-refractivity contribution in [2.75, 3.05) is 13.1 Å². The topological polar surface area (TPSA) is 47.1 Å². The molecule has 0 bridgehead atoms. The molecule has 0 aliphatic carbocycles. The highest BCUT2D eigenvalue weighted by atomic mass is 15.3. The highest BCUT2D eigenvalue weighted by Crippen LogP contribution is 2.20. The second-order valence-electron chi connectivity index (χ2n) is 4.77. The maximum absolute atomic E-state index is 5.92. The minimum Gasteiger partial charge on any atom is -0.329 e. The lowest BCUT2D eigenvalue weighted by molar-refractivity contribution is 0.104. The molecule has 4 nitrogen and oxygen atoms in total. The second kappa shape index (κ2) is 6.17. The number of nitrogens with two attached hydrogens (primary N) is 1. The fourth-order valence-electron chi connectivity index (χ4n) is 2.06. The number of hydrogen-bond acceptors (Lipinski definition) is 3. The van der Waals surface area contributed by atoms with Crippen molar-refractivity contribution in [3.8, 4) is 0 Å². The Morgan fingerprint density at radius 1 is 1.41 bits per heavy atom. The average Bonchev–Trinajstić information content (AvgIpc) is 2.82. The summed E-state index contributed by atoms with van der Waals surface area (Å²) in [5, 5.41) is 4.31. The van der Waals surface area contributed by atoms with Crippen LogP contribution in [-0.4, -0.2) is 33.3 Å². The van der Waals surface area contributed by atoms with Crippen molar-refractivity contribution in [1.82, 2.24) is 14.7 Å². The van der Waals surface area contributed by atoms with E-state index in [9.17, 15) is 0 Å². The molecule has 2 N–H and O–H groups in total. The zero-order valence-electron chi connectivity index (χ0n) is 11.6. The van der Waals surface area contributed by atoms with Gasteiger partial charge in [-0.15, -0.1) is 0 Å². The predicted octanol–water partition coefficient (Wildman–Crippen LogP) is 1.85. The zero-order valence-corrected chi connectivity index (χ0v) is 11.6. The van der Waals surface area contributed by atoms with Gasteiger partial charge in [-0.25, -0.2) is 0 Å². The number of likely N-dealkylation sites (N-methyl/N-ethyl adjacent to an activating group) is 1. The monoisotopic (exact) mass is 238 g/mol. The summed E-state index contributed by atoms with van der Waals surface area (Å²) in [6.45, 7) is 12.3. The van der Waals surface area contributed by atoms with E-state index >= 15 is 0 Å². The average molecular weight is 238 g/mol. The quantitative estimate of drug-likeness (QED) is 0.788. The van der Waals surface area contributed by atoms with Gasteiger partial charge in [0.2, 0.25) is 0 Å². The Kier molecular flexibility index (Phi) is 5.15. The van der Waals surface area contributed by atoms with E-state index in [1.54, 1.807) is 0 Å². The van der Waals surface area contributed by atoms with Crippen molar-refractivity contribution < 1.29 is 0 Å². The van der Waals surface area contributed by atoms with Gasteiger partial charge in [0, 0.05) is 36.9 Å². The van der Waals surface area contributed by atoms with Crippen molar-refractivity contribution in [2.45, 2.75) is 52.7 Å². The van der Waals surface area contributed by atoms with Gasteiger partial charge in [0.15, 0.2) is 0 Å². The minimum absolute atomic E-state index is 0.0864. The summed E-state index contributed by atoms with van der Waals surface area (Å²) in [6.07, 6.45) is 5.15. The molecule has 1 aromatic heterocycles. The third-order valence-corrected chi connectivity index (χ3v) is 3.73. The molecule has 0 fully saturated rings. The van der Waals surface area contributed by atoms with Crippen molar-refractivity contribution in [1.29, 1.82) is 0 Å². The molecule has 0 spiro atoms. The molecule has 0 aliphatic heterocycles. The van der Waals surface area contributed by atoms with Crippen molar-refractivity contribution >= 4 is 0 Å². The maximum Gasteiger partial charge on any atom is 0.0534 e. The van der Waals surface area contributed by atoms with E-state index in [4.69, 9.17) is 5.73 Å². The molecule has 0 amide bonds. The zero-order chi connectivity index (χ0) is 12.9. The Morgan fingerprint density at radius 3 is 2.53 bits per heavy atom. The fraction of sp³-hybridized carbons (Fsp3) is 0.769. The number of hydrogen-bond donors (Lipinski definition) is 1. The Morgan fingerprint density at radius 2 is 2.12 bits per heavy atom. The first kappa shape index (κ1) is 14.2. The molecule has 1 rings (SSSR count). The van der Waals surface area contributed by atoms with E-state index in [-0.39, 0.29) is 5.54 Å². The van der Waals surface area contributed by atoms with Crippen LogP contribution in [0.2, 0.25) is 0 Å². The van der Waals surface area contributed by atoms with Crippen LogP contribution < -0.4 is 5.73 Å². The Labute approximate surface area is 105 Å². The molecule has 0 radical (unpaired) electrons. The fourth-order valence-corrected chi connectivity index (χ4v) is 2.06. The van der Waals surface area contributed by atoms with Crippen molar-refractivity contribution in [2.24, 2.45) is 5.73 Å². The Balaban J connectivity index is 2.75. The molecule has 17 heavy (non-hydrogen) atoms. The summed E-state index contributed by atoms with van der Waals surface area (Å²) >= 11 is 0. The molecule has 1 unspecified atom stereocenters. The third kappa shape index (κ3) is 3.30. The van der Waals surface area contributed by atoms with Crippen LogP contribution >= 0.6 is 0 Å². The van der Waals surface area contributed by atoms with Crippen molar-refractivity contribution in [3.63, 3.8) is 0 Å². The van der Waals surface area contributed by atoms with Crippen LogP contribution in [-0.2, 0) is 13.1 Å². The normalized spacial score (nSPS) is 15.2. The van der Waals surface area contributed by atoms with E-state index in [1.807, 2.05) is 10.9 Å². The molecular formula is C13H26N4. The van der Waals surface area contributed by atoms with E-state index in [1.165, 1.54) is 5.56 Å². The lowest BCUT2D eigenvalue weighted by Crippen LogP contribution is -2.50. The first-order valence-corrected chi connectivity index (χ1v) is 6.56. The van der Waals surface area contributed by atoms with Crippen LogP contribution in [0.3, 0.4) is 0 Å². The molecule has 1 atom stereocenters. The van der Waals surface area contributed by atoms with Crippen molar-refractivity contribution in [3.05, 3.63) is 18.0 Å². The van der Waals surface area contributed by atoms with Gasteiger partial charge in [0.1, 0.15) is 0 Å². The van der Waals surface area contributed by atoms with Crippen LogP contribution in [0.15, 0.2) is 12.4 Å². The highest BCUT2D eigenvalue weighted by Gasteiger charge is 2.27. The Hall–Kier alpha value is -0.870. The second-order valence-corrected chi connectivity index (χ2v) is 4.77. The molecule has 1 heterocycles. The molecule has 0 saturated carbocycles. The minimum atomic E-state index is 0.0864. The van der Waals surface area contributed by atoms with Crippen LogP contribution in [0.1, 0.15) is 39.7 Å². The van der Waals surface area contributed by atoms with E-state index < -0.39 is 0 Å². The summed E-state index contributed by atoms with van der Waals surface area (Å²) in [4.78, 5) is 2.43. The van der Waals surface area contributed by atoms with Gasteiger partial charge in [0.25, 0.3) is 0 Å².